The highest BCUT2D eigenvalue weighted by Gasteiger charge is 2.40. The van der Waals surface area contributed by atoms with Crippen LogP contribution in [-0.2, 0) is 17.6 Å². The van der Waals surface area contributed by atoms with Gasteiger partial charge in [0.15, 0.2) is 0 Å². The number of nitrogens with zero attached hydrogens (tertiary/aromatic N) is 1. The Morgan fingerprint density at radius 2 is 1.55 bits per heavy atom. The largest absolute Gasteiger partial charge is 0.377 e. The van der Waals surface area contributed by atoms with Gasteiger partial charge in [-0.2, -0.15) is 0 Å². The molecule has 33 heavy (non-hydrogen) atoms. The molecule has 7 heteroatoms. The summed E-state index contributed by atoms with van der Waals surface area (Å²) >= 11 is 0. The average molecular weight is 449 g/mol. The van der Waals surface area contributed by atoms with E-state index in [1.165, 1.54) is 11.1 Å². The van der Waals surface area contributed by atoms with Crippen LogP contribution in [0, 0.1) is 0 Å². The predicted molar refractivity (Wildman–Crippen MR) is 126 cm³/mol. The minimum absolute atomic E-state index is 0.0277. The number of carbonyl (C=O) groups is 2. The highest BCUT2D eigenvalue weighted by Crippen LogP contribution is 2.30. The van der Waals surface area contributed by atoms with Crippen molar-refractivity contribution < 1.29 is 14.3 Å². The van der Waals surface area contributed by atoms with E-state index in [0.717, 1.165) is 25.7 Å². The molecule has 5 rings (SSSR count). The lowest BCUT2D eigenvalue weighted by molar-refractivity contribution is -0.00716. The van der Waals surface area contributed by atoms with Crippen LogP contribution in [-0.4, -0.2) is 67.2 Å². The highest BCUT2D eigenvalue weighted by molar-refractivity contribution is 5.98. The summed E-state index contributed by atoms with van der Waals surface area (Å²) in [4.78, 5) is 27.5. The Bertz CT molecular complexity index is 968. The third-order valence-corrected chi connectivity index (χ3v) is 7.11. The van der Waals surface area contributed by atoms with Crippen molar-refractivity contribution in [2.75, 3.05) is 26.3 Å². The zero-order chi connectivity index (χ0) is 22.8. The van der Waals surface area contributed by atoms with Gasteiger partial charge in [0.2, 0.25) is 0 Å². The van der Waals surface area contributed by atoms with Gasteiger partial charge in [0.05, 0.1) is 25.3 Å². The normalized spacial score (nSPS) is 22.8. The van der Waals surface area contributed by atoms with Gasteiger partial charge in [-0.1, -0.05) is 24.3 Å². The zero-order valence-electron chi connectivity index (χ0n) is 18.8. The summed E-state index contributed by atoms with van der Waals surface area (Å²) < 4.78 is 5.57. The molecule has 2 aromatic rings. The molecule has 174 valence electrons. The number of ether oxygens (including phenoxy) is 1. The van der Waals surface area contributed by atoms with Gasteiger partial charge < -0.3 is 26.0 Å². The van der Waals surface area contributed by atoms with Gasteiger partial charge in [-0.3, -0.25) is 9.59 Å². The molecular weight excluding hydrogens is 416 g/mol. The Kier molecular flexibility index (Phi) is 6.44. The first-order valence-electron chi connectivity index (χ1n) is 11.9. The summed E-state index contributed by atoms with van der Waals surface area (Å²) in [7, 11) is 0. The second kappa shape index (κ2) is 9.63. The first-order valence-corrected chi connectivity index (χ1v) is 11.9. The maximum atomic E-state index is 13.0. The Morgan fingerprint density at radius 3 is 2.18 bits per heavy atom. The van der Waals surface area contributed by atoms with Gasteiger partial charge >= 0.3 is 0 Å². The molecule has 1 aliphatic carbocycles. The van der Waals surface area contributed by atoms with Crippen LogP contribution in [0.15, 0.2) is 48.5 Å². The second-order valence-electron chi connectivity index (χ2n) is 9.46. The van der Waals surface area contributed by atoms with Gasteiger partial charge in [0, 0.05) is 36.3 Å². The van der Waals surface area contributed by atoms with E-state index >= 15 is 0 Å². The fourth-order valence-electron chi connectivity index (χ4n) is 5.29. The standard InChI is InChI=1S/C26H32N4O3/c27-21(13-28-22-11-19-3-1-2-4-20(19)12-22)14-29-25(31)17-5-7-18(8-6-17)26(32)30-23-9-10-24(30)16-33-15-23/h1-8,21-24,28H,9-16,27H2,(H,29,31). The van der Waals surface area contributed by atoms with Gasteiger partial charge in [-0.05, 0) is 61.1 Å². The number of hydrogen-bond donors (Lipinski definition) is 3. The van der Waals surface area contributed by atoms with Crippen molar-refractivity contribution in [3.8, 4) is 0 Å². The van der Waals surface area contributed by atoms with Crippen LogP contribution in [0.4, 0.5) is 0 Å². The van der Waals surface area contributed by atoms with E-state index in [1.54, 1.807) is 24.3 Å². The molecule has 2 bridgehead atoms. The molecule has 3 atom stereocenters. The lowest BCUT2D eigenvalue weighted by Crippen LogP contribution is -2.49. The van der Waals surface area contributed by atoms with Crippen LogP contribution in [0.2, 0.25) is 0 Å². The summed E-state index contributed by atoms with van der Waals surface area (Å²) in [5.74, 6) is -0.149. The van der Waals surface area contributed by atoms with E-state index in [1.807, 2.05) is 4.90 Å². The minimum Gasteiger partial charge on any atom is -0.377 e. The third kappa shape index (κ3) is 4.81. The maximum absolute atomic E-state index is 13.0. The van der Waals surface area contributed by atoms with Crippen molar-refractivity contribution in [3.05, 3.63) is 70.8 Å². The zero-order valence-corrected chi connectivity index (χ0v) is 18.8. The molecule has 7 nitrogen and oxygen atoms in total. The molecule has 2 heterocycles. The summed E-state index contributed by atoms with van der Waals surface area (Å²) in [5.41, 5.74) is 10.2. The number of carbonyl (C=O) groups excluding carboxylic acids is 2. The summed E-state index contributed by atoms with van der Waals surface area (Å²) in [5, 5.41) is 6.44. The van der Waals surface area contributed by atoms with Crippen molar-refractivity contribution in [1.29, 1.82) is 0 Å². The fraction of sp³-hybridized carbons (Fsp3) is 0.462. The van der Waals surface area contributed by atoms with Gasteiger partial charge in [0.25, 0.3) is 11.8 Å². The van der Waals surface area contributed by atoms with Crippen molar-refractivity contribution in [2.45, 2.75) is 49.9 Å². The number of fused-ring (bicyclic) bond motifs is 3. The number of amides is 2. The molecule has 0 aromatic heterocycles. The SMILES string of the molecule is NC(CNC(=O)c1ccc(C(=O)N2C3CCC2COC3)cc1)CNC1Cc2ccccc2C1. The molecule has 2 amide bonds. The lowest BCUT2D eigenvalue weighted by atomic mass is 10.1. The van der Waals surface area contributed by atoms with Crippen LogP contribution in [0.1, 0.15) is 44.7 Å². The second-order valence-corrected chi connectivity index (χ2v) is 9.46. The van der Waals surface area contributed by atoms with Gasteiger partial charge in [-0.15, -0.1) is 0 Å². The van der Waals surface area contributed by atoms with E-state index < -0.39 is 0 Å². The predicted octanol–water partition coefficient (Wildman–Crippen LogP) is 1.50. The first kappa shape index (κ1) is 22.1. The molecule has 2 fully saturated rings. The van der Waals surface area contributed by atoms with Crippen molar-refractivity contribution >= 4 is 11.8 Å². The Hall–Kier alpha value is -2.74. The van der Waals surface area contributed by atoms with Crippen molar-refractivity contribution in [2.24, 2.45) is 5.73 Å². The molecule has 2 aliphatic heterocycles. The quantitative estimate of drug-likeness (QED) is 0.597. The monoisotopic (exact) mass is 448 g/mol. The summed E-state index contributed by atoms with van der Waals surface area (Å²) in [6.45, 7) is 2.27. The molecule has 4 N–H and O–H groups in total. The van der Waals surface area contributed by atoms with Crippen LogP contribution in [0.3, 0.4) is 0 Å². The van der Waals surface area contributed by atoms with E-state index in [4.69, 9.17) is 10.5 Å². The van der Waals surface area contributed by atoms with Crippen molar-refractivity contribution in [3.63, 3.8) is 0 Å². The smallest absolute Gasteiger partial charge is 0.254 e. The molecule has 0 radical (unpaired) electrons. The molecule has 2 aromatic carbocycles. The number of benzene rings is 2. The van der Waals surface area contributed by atoms with Crippen LogP contribution in [0.25, 0.3) is 0 Å². The highest BCUT2D eigenvalue weighted by atomic mass is 16.5. The molecule has 3 unspecified atom stereocenters. The van der Waals surface area contributed by atoms with Gasteiger partial charge in [-0.25, -0.2) is 0 Å². The molecular formula is C26H32N4O3. The van der Waals surface area contributed by atoms with Crippen LogP contribution >= 0.6 is 0 Å². The minimum atomic E-state index is -0.177. The van der Waals surface area contributed by atoms with Crippen LogP contribution < -0.4 is 16.4 Å². The van der Waals surface area contributed by atoms with Crippen LogP contribution in [0.5, 0.6) is 0 Å². The molecule has 3 aliphatic rings. The topological polar surface area (TPSA) is 96.7 Å². The third-order valence-electron chi connectivity index (χ3n) is 7.11. The van der Waals surface area contributed by atoms with Crippen molar-refractivity contribution in [1.82, 2.24) is 15.5 Å². The molecule has 2 saturated heterocycles. The Morgan fingerprint density at radius 1 is 0.939 bits per heavy atom. The van der Waals surface area contributed by atoms with E-state index in [0.29, 0.717) is 43.5 Å². The first-order chi connectivity index (χ1) is 16.1. The summed E-state index contributed by atoms with van der Waals surface area (Å²) in [6.07, 6.45) is 4.04. The number of nitrogens with one attached hydrogen (secondary N) is 2. The van der Waals surface area contributed by atoms with E-state index in [9.17, 15) is 9.59 Å². The molecule has 0 spiro atoms. The maximum Gasteiger partial charge on any atom is 0.254 e. The Labute approximate surface area is 194 Å². The lowest BCUT2D eigenvalue weighted by Gasteiger charge is -2.34. The van der Waals surface area contributed by atoms with Gasteiger partial charge in [0.1, 0.15) is 0 Å². The number of nitrogens with two attached hydrogens (primary N) is 1. The fourth-order valence-corrected chi connectivity index (χ4v) is 5.29. The van der Waals surface area contributed by atoms with E-state index in [-0.39, 0.29) is 29.9 Å². The molecule has 0 saturated carbocycles. The van der Waals surface area contributed by atoms with E-state index in [2.05, 4.69) is 34.9 Å². The summed E-state index contributed by atoms with van der Waals surface area (Å²) in [6, 6.07) is 16.0. The Balaban J connectivity index is 1.08. The number of rotatable bonds is 7. The number of hydrogen-bond acceptors (Lipinski definition) is 5. The average Bonchev–Trinajstić information content (AvgIpc) is 3.37. The number of morpholine rings is 1.